The van der Waals surface area contributed by atoms with Crippen LogP contribution in [0.4, 0.5) is 10.1 Å². The first-order valence-corrected chi connectivity index (χ1v) is 9.79. The Hall–Kier alpha value is -3.85. The standard InChI is InChI=1S/C21H15FN4O3S/c22-15-8-6-13(7-9-15)19-25-21(29-26-19)18-16(10-11-30-18)24-17(27)12-23-20(28)14-4-2-1-3-5-14/h1-11H,12H2,(H,23,28)(H,24,27). The lowest BCUT2D eigenvalue weighted by molar-refractivity contribution is -0.115. The van der Waals surface area contributed by atoms with Crippen LogP contribution in [0.1, 0.15) is 10.4 Å². The molecular formula is C21H15FN4O3S. The molecule has 2 aromatic carbocycles. The van der Waals surface area contributed by atoms with Crippen molar-refractivity contribution in [2.45, 2.75) is 0 Å². The summed E-state index contributed by atoms with van der Waals surface area (Å²) in [5.74, 6) is -0.543. The summed E-state index contributed by atoms with van der Waals surface area (Å²) in [4.78, 5) is 29.2. The zero-order chi connectivity index (χ0) is 20.9. The van der Waals surface area contributed by atoms with Crippen LogP contribution in [0.15, 0.2) is 70.6 Å². The van der Waals surface area contributed by atoms with E-state index in [1.165, 1.54) is 23.5 Å². The summed E-state index contributed by atoms with van der Waals surface area (Å²) < 4.78 is 18.4. The fourth-order valence-electron chi connectivity index (χ4n) is 2.65. The van der Waals surface area contributed by atoms with Crippen LogP contribution < -0.4 is 10.6 Å². The van der Waals surface area contributed by atoms with Crippen LogP contribution in [0.25, 0.3) is 22.2 Å². The van der Waals surface area contributed by atoms with Crippen molar-refractivity contribution < 1.29 is 18.5 Å². The number of benzene rings is 2. The first-order valence-electron chi connectivity index (χ1n) is 8.91. The summed E-state index contributed by atoms with van der Waals surface area (Å²) in [5, 5.41) is 11.0. The number of nitrogens with zero attached hydrogens (tertiary/aromatic N) is 2. The maximum Gasteiger partial charge on any atom is 0.270 e. The quantitative estimate of drug-likeness (QED) is 0.490. The van der Waals surface area contributed by atoms with Gasteiger partial charge in [0, 0.05) is 11.1 Å². The number of hydrogen-bond acceptors (Lipinski definition) is 6. The third-order valence-electron chi connectivity index (χ3n) is 4.11. The SMILES string of the molecule is O=C(CNC(=O)c1ccccc1)Nc1ccsc1-c1nc(-c2ccc(F)cc2)no1. The van der Waals surface area contributed by atoms with Gasteiger partial charge in [0.25, 0.3) is 11.8 Å². The molecule has 0 aliphatic rings. The Bertz CT molecular complexity index is 1170. The van der Waals surface area contributed by atoms with E-state index in [-0.39, 0.29) is 24.2 Å². The Morgan fingerprint density at radius 3 is 2.57 bits per heavy atom. The van der Waals surface area contributed by atoms with Gasteiger partial charge in [0.05, 0.1) is 12.2 Å². The number of hydrogen-bond donors (Lipinski definition) is 2. The molecule has 0 radical (unpaired) electrons. The van der Waals surface area contributed by atoms with Crippen molar-refractivity contribution >= 4 is 28.8 Å². The van der Waals surface area contributed by atoms with Crippen LogP contribution in [0.2, 0.25) is 0 Å². The second-order valence-electron chi connectivity index (χ2n) is 6.19. The van der Waals surface area contributed by atoms with Crippen molar-refractivity contribution in [1.82, 2.24) is 15.5 Å². The number of amides is 2. The highest BCUT2D eigenvalue weighted by molar-refractivity contribution is 7.14. The number of carbonyl (C=O) groups excluding carboxylic acids is 2. The molecule has 2 N–H and O–H groups in total. The molecule has 2 heterocycles. The monoisotopic (exact) mass is 422 g/mol. The molecule has 2 aromatic heterocycles. The molecule has 4 aromatic rings. The molecule has 2 amide bonds. The molecule has 7 nitrogen and oxygen atoms in total. The fraction of sp³-hybridized carbons (Fsp3) is 0.0476. The second kappa shape index (κ2) is 8.66. The van der Waals surface area contributed by atoms with Gasteiger partial charge in [0.2, 0.25) is 11.7 Å². The van der Waals surface area contributed by atoms with E-state index < -0.39 is 5.91 Å². The number of carbonyl (C=O) groups is 2. The number of rotatable bonds is 6. The smallest absolute Gasteiger partial charge is 0.270 e. The Balaban J connectivity index is 1.42. The summed E-state index contributed by atoms with van der Waals surface area (Å²) >= 11 is 1.32. The van der Waals surface area contributed by atoms with Gasteiger partial charge in [-0.1, -0.05) is 23.4 Å². The minimum atomic E-state index is -0.391. The van der Waals surface area contributed by atoms with Crippen LogP contribution in [0.3, 0.4) is 0 Å². The van der Waals surface area contributed by atoms with E-state index in [0.717, 1.165) is 0 Å². The molecule has 30 heavy (non-hydrogen) atoms. The van der Waals surface area contributed by atoms with Gasteiger partial charge in [-0.05, 0) is 47.8 Å². The predicted octanol–water partition coefficient (Wildman–Crippen LogP) is 3.97. The topological polar surface area (TPSA) is 97.1 Å². The van der Waals surface area contributed by atoms with E-state index in [2.05, 4.69) is 20.8 Å². The summed E-state index contributed by atoms with van der Waals surface area (Å²) in [6.07, 6.45) is 0. The number of anilines is 1. The largest absolute Gasteiger partial charge is 0.343 e. The third kappa shape index (κ3) is 4.41. The van der Waals surface area contributed by atoms with Gasteiger partial charge in [-0.3, -0.25) is 9.59 Å². The zero-order valence-corrected chi connectivity index (χ0v) is 16.3. The molecule has 0 fully saturated rings. The van der Waals surface area contributed by atoms with Crippen molar-refractivity contribution in [2.24, 2.45) is 0 Å². The maximum atomic E-state index is 13.1. The third-order valence-corrected chi connectivity index (χ3v) is 5.01. The van der Waals surface area contributed by atoms with Gasteiger partial charge < -0.3 is 15.2 Å². The summed E-state index contributed by atoms with van der Waals surface area (Å²) in [6.45, 7) is -0.187. The molecule has 9 heteroatoms. The van der Waals surface area contributed by atoms with E-state index in [9.17, 15) is 14.0 Å². The fourth-order valence-corrected chi connectivity index (χ4v) is 3.42. The highest BCUT2D eigenvalue weighted by Gasteiger charge is 2.17. The lowest BCUT2D eigenvalue weighted by Gasteiger charge is -2.06. The van der Waals surface area contributed by atoms with Crippen molar-refractivity contribution in [1.29, 1.82) is 0 Å². The predicted molar refractivity (Wildman–Crippen MR) is 110 cm³/mol. The van der Waals surface area contributed by atoms with Crippen molar-refractivity contribution in [3.05, 3.63) is 77.4 Å². The van der Waals surface area contributed by atoms with E-state index >= 15 is 0 Å². The van der Waals surface area contributed by atoms with Gasteiger partial charge in [-0.25, -0.2) is 4.39 Å². The second-order valence-corrected chi connectivity index (χ2v) is 7.11. The van der Waals surface area contributed by atoms with E-state index in [1.54, 1.807) is 53.9 Å². The number of nitrogens with one attached hydrogen (secondary N) is 2. The highest BCUT2D eigenvalue weighted by atomic mass is 32.1. The Labute approximate surface area is 174 Å². The molecule has 0 spiro atoms. The summed E-state index contributed by atoms with van der Waals surface area (Å²) in [7, 11) is 0. The van der Waals surface area contributed by atoms with Gasteiger partial charge in [-0.15, -0.1) is 11.3 Å². The minimum absolute atomic E-state index is 0.187. The molecule has 0 unspecified atom stereocenters. The molecule has 0 aliphatic carbocycles. The lowest BCUT2D eigenvalue weighted by Crippen LogP contribution is -2.32. The molecule has 0 atom stereocenters. The van der Waals surface area contributed by atoms with Gasteiger partial charge in [-0.2, -0.15) is 4.98 Å². The molecule has 0 bridgehead atoms. The average molecular weight is 422 g/mol. The maximum absolute atomic E-state index is 13.1. The number of aromatic nitrogens is 2. The highest BCUT2D eigenvalue weighted by Crippen LogP contribution is 2.33. The van der Waals surface area contributed by atoms with Crippen LogP contribution in [-0.4, -0.2) is 28.5 Å². The van der Waals surface area contributed by atoms with Gasteiger partial charge >= 0.3 is 0 Å². The van der Waals surface area contributed by atoms with Crippen LogP contribution in [0, 0.1) is 5.82 Å². The number of halogens is 1. The van der Waals surface area contributed by atoms with Crippen molar-refractivity contribution in [2.75, 3.05) is 11.9 Å². The van der Waals surface area contributed by atoms with E-state index in [0.29, 0.717) is 27.5 Å². The average Bonchev–Trinajstić information content (AvgIpc) is 3.42. The number of thiophene rings is 1. The van der Waals surface area contributed by atoms with Gasteiger partial charge in [0.1, 0.15) is 10.7 Å². The van der Waals surface area contributed by atoms with E-state index in [4.69, 9.17) is 4.52 Å². The Morgan fingerprint density at radius 2 is 1.80 bits per heavy atom. The molecular weight excluding hydrogens is 407 g/mol. The summed E-state index contributed by atoms with van der Waals surface area (Å²) in [5.41, 5.74) is 1.58. The lowest BCUT2D eigenvalue weighted by atomic mass is 10.2. The van der Waals surface area contributed by atoms with Gasteiger partial charge in [0.15, 0.2) is 0 Å². The molecule has 4 rings (SSSR count). The first-order chi connectivity index (χ1) is 14.6. The summed E-state index contributed by atoms with van der Waals surface area (Å²) in [6, 6.07) is 16.1. The van der Waals surface area contributed by atoms with Crippen LogP contribution >= 0.6 is 11.3 Å². The van der Waals surface area contributed by atoms with Crippen LogP contribution in [-0.2, 0) is 4.79 Å². The minimum Gasteiger partial charge on any atom is -0.343 e. The molecule has 150 valence electrons. The normalized spacial score (nSPS) is 10.6. The first kappa shape index (κ1) is 19.5. The molecule has 0 saturated heterocycles. The van der Waals surface area contributed by atoms with Crippen molar-refractivity contribution in [3.63, 3.8) is 0 Å². The molecule has 0 saturated carbocycles. The van der Waals surface area contributed by atoms with Crippen LogP contribution in [0.5, 0.6) is 0 Å². The van der Waals surface area contributed by atoms with Crippen molar-refractivity contribution in [3.8, 4) is 22.2 Å². The Kier molecular flexibility index (Phi) is 5.62. The Morgan fingerprint density at radius 1 is 1.03 bits per heavy atom. The zero-order valence-electron chi connectivity index (χ0n) is 15.5. The van der Waals surface area contributed by atoms with E-state index in [1.807, 2.05) is 0 Å². The molecule has 0 aliphatic heterocycles.